The largest absolute Gasteiger partial charge is 0.491 e. The highest BCUT2D eigenvalue weighted by molar-refractivity contribution is 5.80. The average molecular weight is 386 g/mol. The molecule has 7 heteroatoms. The molecule has 1 aromatic carbocycles. The summed E-state index contributed by atoms with van der Waals surface area (Å²) in [7, 11) is 3.52. The number of benzene rings is 1. The predicted octanol–water partition coefficient (Wildman–Crippen LogP) is 2.57. The zero-order valence-electron chi connectivity index (χ0n) is 17.0. The monoisotopic (exact) mass is 385 g/mol. The van der Waals surface area contributed by atoms with E-state index in [-0.39, 0.29) is 0 Å². The Morgan fingerprint density at radius 2 is 2.11 bits per heavy atom. The highest BCUT2D eigenvalue weighted by Gasteiger charge is 2.28. The minimum absolute atomic E-state index is 0.415. The lowest BCUT2D eigenvalue weighted by Gasteiger charge is -2.39. The molecule has 2 unspecified atom stereocenters. The molecule has 0 spiro atoms. The Labute approximate surface area is 167 Å². The SMILES string of the molecule is CN=C(NCc1ccc(OCCOC)cc1)N1CCC(C)C(n2ccnc2)C1. The van der Waals surface area contributed by atoms with Crippen LogP contribution in [-0.2, 0) is 11.3 Å². The van der Waals surface area contributed by atoms with Crippen LogP contribution in [0, 0.1) is 5.92 Å². The van der Waals surface area contributed by atoms with Crippen molar-refractivity contribution in [1.29, 1.82) is 0 Å². The number of rotatable bonds is 7. The van der Waals surface area contributed by atoms with Crippen LogP contribution in [-0.4, -0.2) is 60.9 Å². The third-order valence-electron chi connectivity index (χ3n) is 5.27. The van der Waals surface area contributed by atoms with Crippen molar-refractivity contribution >= 4 is 5.96 Å². The van der Waals surface area contributed by atoms with E-state index >= 15 is 0 Å². The summed E-state index contributed by atoms with van der Waals surface area (Å²) in [4.78, 5) is 11.1. The summed E-state index contributed by atoms with van der Waals surface area (Å²) < 4.78 is 12.8. The Morgan fingerprint density at radius 3 is 2.79 bits per heavy atom. The van der Waals surface area contributed by atoms with Gasteiger partial charge in [-0.05, 0) is 30.0 Å². The van der Waals surface area contributed by atoms with Gasteiger partial charge >= 0.3 is 0 Å². The third kappa shape index (κ3) is 5.25. The van der Waals surface area contributed by atoms with Crippen LogP contribution in [0.1, 0.15) is 24.9 Å². The normalized spacial score (nSPS) is 20.2. The maximum atomic E-state index is 5.62. The van der Waals surface area contributed by atoms with Crippen LogP contribution in [0.15, 0.2) is 48.0 Å². The van der Waals surface area contributed by atoms with Crippen LogP contribution < -0.4 is 10.1 Å². The van der Waals surface area contributed by atoms with Gasteiger partial charge in [-0.15, -0.1) is 0 Å². The van der Waals surface area contributed by atoms with Gasteiger partial charge < -0.3 is 24.3 Å². The Bertz CT molecular complexity index is 730. The molecule has 28 heavy (non-hydrogen) atoms. The number of piperidine rings is 1. The minimum atomic E-state index is 0.415. The van der Waals surface area contributed by atoms with Gasteiger partial charge in [-0.1, -0.05) is 19.1 Å². The van der Waals surface area contributed by atoms with Crippen LogP contribution in [0.25, 0.3) is 0 Å². The Morgan fingerprint density at radius 1 is 1.29 bits per heavy atom. The van der Waals surface area contributed by atoms with Crippen molar-refractivity contribution in [3.8, 4) is 5.75 Å². The van der Waals surface area contributed by atoms with E-state index < -0.39 is 0 Å². The number of imidazole rings is 1. The predicted molar refractivity (Wildman–Crippen MR) is 111 cm³/mol. The summed E-state index contributed by atoms with van der Waals surface area (Å²) in [6.45, 7) is 6.14. The molecular formula is C21H31N5O2. The van der Waals surface area contributed by atoms with E-state index in [1.165, 1.54) is 5.56 Å². The smallest absolute Gasteiger partial charge is 0.193 e. The number of aliphatic imine (C=N–C) groups is 1. The molecule has 0 amide bonds. The van der Waals surface area contributed by atoms with Gasteiger partial charge in [-0.25, -0.2) is 4.98 Å². The van der Waals surface area contributed by atoms with Crippen LogP contribution in [0.3, 0.4) is 0 Å². The topological polar surface area (TPSA) is 63.9 Å². The molecule has 3 rings (SSSR count). The molecule has 1 fully saturated rings. The van der Waals surface area contributed by atoms with E-state index in [0.29, 0.717) is 25.2 Å². The molecule has 1 aliphatic heterocycles. The van der Waals surface area contributed by atoms with E-state index in [4.69, 9.17) is 9.47 Å². The highest BCUT2D eigenvalue weighted by Crippen LogP contribution is 2.27. The summed E-state index contributed by atoms with van der Waals surface area (Å²) in [6, 6.07) is 8.56. The second-order valence-electron chi connectivity index (χ2n) is 7.18. The van der Waals surface area contributed by atoms with Crippen molar-refractivity contribution in [2.45, 2.75) is 25.9 Å². The van der Waals surface area contributed by atoms with Crippen molar-refractivity contribution in [2.75, 3.05) is 40.5 Å². The fourth-order valence-corrected chi connectivity index (χ4v) is 3.55. The third-order valence-corrected chi connectivity index (χ3v) is 5.27. The molecular weight excluding hydrogens is 354 g/mol. The number of aromatic nitrogens is 2. The Kier molecular flexibility index (Phi) is 7.31. The molecule has 1 aliphatic rings. The number of hydrogen-bond acceptors (Lipinski definition) is 4. The van der Waals surface area contributed by atoms with Crippen molar-refractivity contribution in [2.24, 2.45) is 10.9 Å². The molecule has 152 valence electrons. The van der Waals surface area contributed by atoms with Crippen LogP contribution in [0.4, 0.5) is 0 Å². The van der Waals surface area contributed by atoms with Crippen LogP contribution in [0.5, 0.6) is 5.75 Å². The number of nitrogens with one attached hydrogen (secondary N) is 1. The molecule has 0 saturated carbocycles. The molecule has 0 bridgehead atoms. The van der Waals surface area contributed by atoms with Crippen molar-refractivity contribution in [3.63, 3.8) is 0 Å². The van der Waals surface area contributed by atoms with Crippen LogP contribution >= 0.6 is 0 Å². The first kappa shape index (κ1) is 20.2. The van der Waals surface area contributed by atoms with E-state index in [1.54, 1.807) is 7.11 Å². The molecule has 1 saturated heterocycles. The summed E-state index contributed by atoms with van der Waals surface area (Å²) in [5.41, 5.74) is 1.19. The van der Waals surface area contributed by atoms with Crippen molar-refractivity contribution in [3.05, 3.63) is 48.5 Å². The summed E-state index contributed by atoms with van der Waals surface area (Å²) in [6.07, 6.45) is 6.95. The first-order chi connectivity index (χ1) is 13.7. The molecule has 7 nitrogen and oxygen atoms in total. The van der Waals surface area contributed by atoms with E-state index in [2.05, 4.69) is 50.0 Å². The molecule has 2 atom stereocenters. The Hall–Kier alpha value is -2.54. The van der Waals surface area contributed by atoms with Gasteiger partial charge in [-0.3, -0.25) is 4.99 Å². The molecule has 1 aromatic heterocycles. The standard InChI is InChI=1S/C21H31N5O2/c1-17-8-10-25(15-20(17)26-11-9-23-16-26)21(22-2)24-14-18-4-6-19(7-5-18)28-13-12-27-3/h4-7,9,11,16-17,20H,8,10,12-15H2,1-3H3,(H,22,24). The maximum Gasteiger partial charge on any atom is 0.193 e. The van der Waals surface area contributed by atoms with E-state index in [1.807, 2.05) is 31.7 Å². The lowest BCUT2D eigenvalue weighted by Crippen LogP contribution is -2.48. The number of hydrogen-bond donors (Lipinski definition) is 1. The van der Waals surface area contributed by atoms with Gasteiger partial charge in [-0.2, -0.15) is 0 Å². The number of ether oxygens (including phenoxy) is 2. The first-order valence-corrected chi connectivity index (χ1v) is 9.85. The van der Waals surface area contributed by atoms with Crippen LogP contribution in [0.2, 0.25) is 0 Å². The molecule has 1 N–H and O–H groups in total. The van der Waals surface area contributed by atoms with E-state index in [9.17, 15) is 0 Å². The number of nitrogens with zero attached hydrogens (tertiary/aromatic N) is 4. The van der Waals surface area contributed by atoms with Crippen molar-refractivity contribution < 1.29 is 9.47 Å². The second kappa shape index (κ2) is 10.1. The van der Waals surface area contributed by atoms with Gasteiger partial charge in [0.2, 0.25) is 0 Å². The number of guanidine groups is 1. The molecule has 0 radical (unpaired) electrons. The average Bonchev–Trinajstić information content (AvgIpc) is 3.25. The van der Waals surface area contributed by atoms with Gasteiger partial charge in [0.05, 0.1) is 19.0 Å². The molecule has 2 heterocycles. The summed E-state index contributed by atoms with van der Waals surface area (Å²) in [5.74, 6) is 2.42. The maximum absolute atomic E-state index is 5.62. The number of likely N-dealkylation sites (tertiary alicyclic amines) is 1. The zero-order chi connectivity index (χ0) is 19.8. The van der Waals surface area contributed by atoms with Gasteiger partial charge in [0.1, 0.15) is 12.4 Å². The zero-order valence-corrected chi connectivity index (χ0v) is 17.0. The van der Waals surface area contributed by atoms with Gasteiger partial charge in [0.25, 0.3) is 0 Å². The lowest BCUT2D eigenvalue weighted by atomic mass is 9.93. The minimum Gasteiger partial charge on any atom is -0.491 e. The van der Waals surface area contributed by atoms with Crippen molar-refractivity contribution in [1.82, 2.24) is 19.8 Å². The van der Waals surface area contributed by atoms with Gasteiger partial charge in [0.15, 0.2) is 5.96 Å². The molecule has 2 aromatic rings. The van der Waals surface area contributed by atoms with Gasteiger partial charge in [0, 0.05) is 46.2 Å². The molecule has 0 aliphatic carbocycles. The fraction of sp³-hybridized carbons (Fsp3) is 0.524. The lowest BCUT2D eigenvalue weighted by molar-refractivity contribution is 0.146. The first-order valence-electron chi connectivity index (χ1n) is 9.85. The number of methoxy groups -OCH3 is 1. The highest BCUT2D eigenvalue weighted by atomic mass is 16.5. The fourth-order valence-electron chi connectivity index (χ4n) is 3.55. The second-order valence-corrected chi connectivity index (χ2v) is 7.18. The quantitative estimate of drug-likeness (QED) is 0.451. The summed E-state index contributed by atoms with van der Waals surface area (Å²) >= 11 is 0. The Balaban J connectivity index is 1.54. The van der Waals surface area contributed by atoms with E-state index in [0.717, 1.165) is 37.8 Å². The summed E-state index contributed by atoms with van der Waals surface area (Å²) in [5, 5.41) is 3.50.